The Morgan fingerprint density at radius 3 is 1.88 bits per heavy atom. The third-order valence-corrected chi connectivity index (χ3v) is 11.1. The van der Waals surface area contributed by atoms with Crippen molar-refractivity contribution in [2.24, 2.45) is 5.92 Å². The van der Waals surface area contributed by atoms with Crippen LogP contribution in [0.4, 0.5) is 0 Å². The fourth-order valence-electron chi connectivity index (χ4n) is 4.31. The number of benzene rings is 2. The predicted octanol–water partition coefficient (Wildman–Crippen LogP) is 6.30. The van der Waals surface area contributed by atoms with Crippen LogP contribution in [0.25, 0.3) is 0 Å². The first-order valence-electron chi connectivity index (χ1n) is 9.75. The molecule has 0 aromatic heterocycles. The van der Waals surface area contributed by atoms with Crippen LogP contribution in [0.2, 0.25) is 0 Å². The van der Waals surface area contributed by atoms with Crippen LogP contribution in [0.3, 0.4) is 0 Å². The molecule has 0 radical (unpaired) electrons. The SMILES string of the molecule is C[C@H](C1CCCC1[P+](=O)C(C)(C)C)P(c1ccccc1)c1ccccc1. The molecule has 0 aliphatic heterocycles. The lowest BCUT2D eigenvalue weighted by Gasteiger charge is -2.31. The predicted molar refractivity (Wildman–Crippen MR) is 117 cm³/mol. The summed E-state index contributed by atoms with van der Waals surface area (Å²) in [6.07, 6.45) is 3.58. The van der Waals surface area contributed by atoms with E-state index < -0.39 is 15.7 Å². The van der Waals surface area contributed by atoms with Crippen molar-refractivity contribution < 1.29 is 4.57 Å². The van der Waals surface area contributed by atoms with Gasteiger partial charge in [-0.1, -0.05) is 72.2 Å². The highest BCUT2D eigenvalue weighted by Gasteiger charge is 2.50. The van der Waals surface area contributed by atoms with Crippen LogP contribution >= 0.6 is 15.7 Å². The molecule has 2 aromatic rings. The quantitative estimate of drug-likeness (QED) is 0.552. The van der Waals surface area contributed by atoms with Gasteiger partial charge in [0.25, 0.3) is 0 Å². The molecule has 0 amide bonds. The second kappa shape index (κ2) is 8.33. The highest BCUT2D eigenvalue weighted by molar-refractivity contribution is 7.73. The van der Waals surface area contributed by atoms with Gasteiger partial charge in [0, 0.05) is 5.92 Å². The smallest absolute Gasteiger partial charge is 0.0739 e. The van der Waals surface area contributed by atoms with E-state index >= 15 is 0 Å². The minimum atomic E-state index is -1.20. The summed E-state index contributed by atoms with van der Waals surface area (Å²) in [4.78, 5) is 0. The summed E-state index contributed by atoms with van der Waals surface area (Å²) in [5.74, 6) is 0.560. The molecule has 4 atom stereocenters. The molecule has 0 saturated heterocycles. The van der Waals surface area contributed by atoms with E-state index in [1.807, 2.05) is 0 Å². The number of hydrogen-bond acceptors (Lipinski definition) is 1. The average Bonchev–Trinajstić information content (AvgIpc) is 3.12. The van der Waals surface area contributed by atoms with E-state index in [-0.39, 0.29) is 5.16 Å². The molecule has 3 rings (SSSR count). The Morgan fingerprint density at radius 1 is 0.923 bits per heavy atom. The van der Waals surface area contributed by atoms with Crippen molar-refractivity contribution in [1.29, 1.82) is 0 Å². The first-order valence-corrected chi connectivity index (χ1v) is 12.5. The molecular weight excluding hydrogens is 354 g/mol. The maximum Gasteiger partial charge on any atom is 0.347 e. The normalized spacial score (nSPS) is 22.4. The molecule has 26 heavy (non-hydrogen) atoms. The van der Waals surface area contributed by atoms with Crippen molar-refractivity contribution in [1.82, 2.24) is 0 Å². The zero-order chi connectivity index (χ0) is 18.7. The van der Waals surface area contributed by atoms with Gasteiger partial charge in [-0.3, -0.25) is 0 Å². The van der Waals surface area contributed by atoms with Gasteiger partial charge in [-0.25, -0.2) is 0 Å². The van der Waals surface area contributed by atoms with Crippen LogP contribution in [-0.4, -0.2) is 16.5 Å². The minimum absolute atomic E-state index is 0.0927. The van der Waals surface area contributed by atoms with E-state index in [2.05, 4.69) is 88.4 Å². The highest BCUT2D eigenvalue weighted by Crippen LogP contribution is 2.56. The molecule has 3 unspecified atom stereocenters. The van der Waals surface area contributed by atoms with Crippen LogP contribution in [0.15, 0.2) is 60.7 Å². The van der Waals surface area contributed by atoms with Crippen molar-refractivity contribution in [3.05, 3.63) is 60.7 Å². The van der Waals surface area contributed by atoms with Crippen LogP contribution in [0.1, 0.15) is 47.0 Å². The Hall–Kier alpha value is -1.03. The summed E-state index contributed by atoms with van der Waals surface area (Å²) in [6, 6.07) is 21.9. The van der Waals surface area contributed by atoms with Gasteiger partial charge in [-0.2, -0.15) is 0 Å². The van der Waals surface area contributed by atoms with Crippen molar-refractivity contribution in [2.45, 2.75) is 63.4 Å². The van der Waals surface area contributed by atoms with Crippen LogP contribution < -0.4 is 10.6 Å². The number of hydrogen-bond donors (Lipinski definition) is 0. The van der Waals surface area contributed by atoms with Crippen LogP contribution in [-0.2, 0) is 4.57 Å². The summed E-state index contributed by atoms with van der Waals surface area (Å²) in [5, 5.41) is 2.79. The summed E-state index contributed by atoms with van der Waals surface area (Å²) in [7, 11) is -1.64. The van der Waals surface area contributed by atoms with Gasteiger partial charge in [0.2, 0.25) is 0 Å². The minimum Gasteiger partial charge on any atom is -0.0739 e. The molecule has 138 valence electrons. The molecule has 0 spiro atoms. The lowest BCUT2D eigenvalue weighted by atomic mass is 10.0. The third-order valence-electron chi connectivity index (χ3n) is 5.59. The summed E-state index contributed by atoms with van der Waals surface area (Å²) < 4.78 is 13.2. The first kappa shape index (κ1) is 19.7. The largest absolute Gasteiger partial charge is 0.347 e. The van der Waals surface area contributed by atoms with E-state index in [9.17, 15) is 4.57 Å². The van der Waals surface area contributed by atoms with E-state index in [0.29, 0.717) is 17.2 Å². The van der Waals surface area contributed by atoms with Gasteiger partial charge in [0.05, 0.1) is 0 Å². The Balaban J connectivity index is 1.95. The van der Waals surface area contributed by atoms with E-state index in [0.717, 1.165) is 6.42 Å². The van der Waals surface area contributed by atoms with Gasteiger partial charge < -0.3 is 0 Å². The maximum absolute atomic E-state index is 13.2. The van der Waals surface area contributed by atoms with Crippen molar-refractivity contribution in [3.63, 3.8) is 0 Å². The van der Waals surface area contributed by atoms with E-state index in [1.54, 1.807) is 0 Å². The zero-order valence-corrected chi connectivity index (χ0v) is 18.2. The molecule has 3 heteroatoms. The van der Waals surface area contributed by atoms with Crippen LogP contribution in [0, 0.1) is 5.92 Å². The fraction of sp³-hybridized carbons (Fsp3) is 0.478. The van der Waals surface area contributed by atoms with E-state index in [4.69, 9.17) is 0 Å². The second-order valence-electron chi connectivity index (χ2n) is 8.44. The first-order chi connectivity index (χ1) is 12.4. The fourth-order valence-corrected chi connectivity index (χ4v) is 9.58. The molecule has 0 heterocycles. The van der Waals surface area contributed by atoms with Crippen molar-refractivity contribution in [3.8, 4) is 0 Å². The second-order valence-corrected chi connectivity index (χ2v) is 13.7. The van der Waals surface area contributed by atoms with E-state index in [1.165, 1.54) is 23.5 Å². The Bertz CT molecular complexity index is 681. The lowest BCUT2D eigenvalue weighted by molar-refractivity contribution is 0.504. The van der Waals surface area contributed by atoms with Crippen molar-refractivity contribution >= 4 is 26.3 Å². The summed E-state index contributed by atoms with van der Waals surface area (Å²) in [6.45, 7) is 8.84. The van der Waals surface area contributed by atoms with Crippen molar-refractivity contribution in [2.75, 3.05) is 0 Å². The van der Waals surface area contributed by atoms with Gasteiger partial charge in [-0.15, -0.1) is 0 Å². The topological polar surface area (TPSA) is 17.1 Å². The van der Waals surface area contributed by atoms with Gasteiger partial charge >= 0.3 is 7.80 Å². The molecule has 1 fully saturated rings. The van der Waals surface area contributed by atoms with Crippen LogP contribution in [0.5, 0.6) is 0 Å². The lowest BCUT2D eigenvalue weighted by Crippen LogP contribution is -2.31. The molecule has 1 saturated carbocycles. The number of rotatable bonds is 5. The molecule has 1 aliphatic carbocycles. The average molecular weight is 385 g/mol. The van der Waals surface area contributed by atoms with Gasteiger partial charge in [0.1, 0.15) is 0 Å². The Labute approximate surface area is 161 Å². The summed E-state index contributed by atoms with van der Waals surface area (Å²) >= 11 is 0. The monoisotopic (exact) mass is 385 g/mol. The maximum atomic E-state index is 13.2. The Morgan fingerprint density at radius 2 is 1.42 bits per heavy atom. The van der Waals surface area contributed by atoms with Gasteiger partial charge in [0.15, 0.2) is 10.8 Å². The highest BCUT2D eigenvalue weighted by atomic mass is 31.1. The third kappa shape index (κ3) is 4.27. The Kier molecular flexibility index (Phi) is 6.32. The molecule has 2 aromatic carbocycles. The molecule has 0 bridgehead atoms. The zero-order valence-electron chi connectivity index (χ0n) is 16.4. The van der Waals surface area contributed by atoms with Gasteiger partial charge in [-0.05, 0) is 64.2 Å². The molecule has 1 aliphatic rings. The molecule has 0 N–H and O–H groups in total. The summed E-state index contributed by atoms with van der Waals surface area (Å²) in [5.41, 5.74) is 0.918. The molecule has 1 nitrogen and oxygen atoms in total. The molecular formula is C23H31OP2+. The standard InChI is InChI=1S/C23H31OP2/c1-18(21-16-11-17-22(21)26(24)23(2,3)4)25(19-12-7-5-8-13-19)20-14-9-6-10-15-20/h5-10,12-15,18,21-22H,11,16-17H2,1-4H3/q+1/t18-,21?,22?/m1/s1.